The summed E-state index contributed by atoms with van der Waals surface area (Å²) < 4.78 is 20.5. The van der Waals surface area contributed by atoms with Gasteiger partial charge in [0, 0.05) is 42.7 Å². The molecule has 0 rings (SSSR count). The van der Waals surface area contributed by atoms with Gasteiger partial charge in [0.05, 0.1) is 5.67 Å². The predicted octanol–water partition coefficient (Wildman–Crippen LogP) is 2.29. The lowest BCUT2D eigenvalue weighted by atomic mass is 10.5. The summed E-state index contributed by atoms with van der Waals surface area (Å²) in [4.78, 5) is 0. The van der Waals surface area contributed by atoms with E-state index in [2.05, 4.69) is 33.3 Å². The van der Waals surface area contributed by atoms with Crippen LogP contribution in [0.3, 0.4) is 0 Å². The zero-order valence-electron chi connectivity index (χ0n) is 10.0. The summed E-state index contributed by atoms with van der Waals surface area (Å²) in [7, 11) is -2.54. The van der Waals surface area contributed by atoms with Crippen molar-refractivity contribution in [1.82, 2.24) is 3.53 Å². The second-order valence-corrected chi connectivity index (χ2v) is 6.37. The van der Waals surface area contributed by atoms with Gasteiger partial charge in [0.2, 0.25) is 0 Å². The van der Waals surface area contributed by atoms with Crippen LogP contribution in [0.4, 0.5) is 0 Å². The third kappa shape index (κ3) is 4.66. The SMILES string of the molecule is CCO[Si](OCC)(OCC)C(CC)NI. The molecule has 0 saturated carbocycles. The van der Waals surface area contributed by atoms with Gasteiger partial charge in [0.1, 0.15) is 0 Å². The summed E-state index contributed by atoms with van der Waals surface area (Å²) in [6, 6.07) is 0. The van der Waals surface area contributed by atoms with Crippen molar-refractivity contribution < 1.29 is 13.3 Å². The maximum absolute atomic E-state index is 5.78. The van der Waals surface area contributed by atoms with Crippen molar-refractivity contribution in [2.24, 2.45) is 0 Å². The van der Waals surface area contributed by atoms with Crippen LogP contribution < -0.4 is 3.53 Å². The molecule has 0 saturated heterocycles. The van der Waals surface area contributed by atoms with E-state index < -0.39 is 8.80 Å². The second kappa shape index (κ2) is 8.88. The monoisotopic (exact) mass is 347 g/mol. The van der Waals surface area contributed by atoms with Gasteiger partial charge < -0.3 is 13.3 Å². The minimum atomic E-state index is -2.54. The Balaban J connectivity index is 4.71. The molecule has 0 radical (unpaired) electrons. The Labute approximate surface area is 108 Å². The molecule has 1 atom stereocenters. The lowest BCUT2D eigenvalue weighted by molar-refractivity contribution is 0.0608. The molecule has 0 aromatic rings. The van der Waals surface area contributed by atoms with Gasteiger partial charge in [-0.1, -0.05) is 6.92 Å². The Bertz CT molecular complexity index is 141. The minimum Gasteiger partial charge on any atom is -0.373 e. The van der Waals surface area contributed by atoms with Crippen LogP contribution in [0, 0.1) is 0 Å². The second-order valence-electron chi connectivity index (χ2n) is 2.97. The molecule has 0 amide bonds. The third-order valence-corrected chi connectivity index (χ3v) is 6.82. The van der Waals surface area contributed by atoms with E-state index in [4.69, 9.17) is 13.3 Å². The highest BCUT2D eigenvalue weighted by molar-refractivity contribution is 14.1. The van der Waals surface area contributed by atoms with Gasteiger partial charge in [-0.15, -0.1) is 0 Å². The van der Waals surface area contributed by atoms with E-state index in [1.807, 2.05) is 20.8 Å². The van der Waals surface area contributed by atoms with E-state index in [1.54, 1.807) is 0 Å². The highest BCUT2D eigenvalue weighted by atomic mass is 127. The average molecular weight is 347 g/mol. The Kier molecular flexibility index (Phi) is 9.35. The average Bonchev–Trinajstić information content (AvgIpc) is 2.20. The maximum atomic E-state index is 5.78. The summed E-state index contributed by atoms with van der Waals surface area (Å²) in [5, 5.41) is 0. The zero-order valence-corrected chi connectivity index (χ0v) is 13.2. The van der Waals surface area contributed by atoms with Crippen LogP contribution >= 0.6 is 22.9 Å². The molecule has 1 unspecified atom stereocenters. The molecule has 0 spiro atoms. The normalized spacial score (nSPS) is 14.2. The van der Waals surface area contributed by atoms with Crippen LogP contribution in [0.2, 0.25) is 0 Å². The molecular formula is C9H22INO3Si. The van der Waals surface area contributed by atoms with Gasteiger partial charge >= 0.3 is 8.80 Å². The van der Waals surface area contributed by atoms with E-state index in [0.29, 0.717) is 19.8 Å². The third-order valence-electron chi connectivity index (χ3n) is 2.00. The molecular weight excluding hydrogens is 325 g/mol. The van der Waals surface area contributed by atoms with Gasteiger partial charge in [0.15, 0.2) is 0 Å². The van der Waals surface area contributed by atoms with Crippen molar-refractivity contribution >= 4 is 31.7 Å². The van der Waals surface area contributed by atoms with Gasteiger partial charge in [-0.2, -0.15) is 0 Å². The maximum Gasteiger partial charge on any atom is 0.519 e. The molecule has 4 nitrogen and oxygen atoms in total. The summed E-state index contributed by atoms with van der Waals surface area (Å²) in [5.41, 5.74) is 0.165. The minimum absolute atomic E-state index is 0.165. The quantitative estimate of drug-likeness (QED) is 0.395. The molecule has 0 aromatic heterocycles. The number of rotatable bonds is 9. The molecule has 1 N–H and O–H groups in total. The first-order chi connectivity index (χ1) is 7.20. The molecule has 0 aliphatic heterocycles. The summed E-state index contributed by atoms with van der Waals surface area (Å²) in [6.45, 7) is 9.90. The van der Waals surface area contributed by atoms with Crippen LogP contribution in [0.1, 0.15) is 34.1 Å². The molecule has 0 aromatic carbocycles. The van der Waals surface area contributed by atoms with Gasteiger partial charge in [0.25, 0.3) is 0 Å². The number of halogens is 1. The van der Waals surface area contributed by atoms with E-state index in [0.717, 1.165) is 6.42 Å². The van der Waals surface area contributed by atoms with Crippen molar-refractivity contribution in [2.45, 2.75) is 39.8 Å². The summed E-state index contributed by atoms with van der Waals surface area (Å²) in [5.74, 6) is 0. The van der Waals surface area contributed by atoms with Crippen molar-refractivity contribution in [1.29, 1.82) is 0 Å². The van der Waals surface area contributed by atoms with E-state index in [9.17, 15) is 0 Å². The summed E-state index contributed by atoms with van der Waals surface area (Å²) in [6.07, 6.45) is 0.940. The van der Waals surface area contributed by atoms with E-state index in [1.165, 1.54) is 0 Å². The number of hydrogen-bond acceptors (Lipinski definition) is 4. The summed E-state index contributed by atoms with van der Waals surface area (Å²) >= 11 is 2.14. The molecule has 15 heavy (non-hydrogen) atoms. The first-order valence-corrected chi connectivity index (χ1v) is 8.36. The lowest BCUT2D eigenvalue weighted by Gasteiger charge is -2.33. The lowest BCUT2D eigenvalue weighted by Crippen LogP contribution is -2.60. The predicted molar refractivity (Wildman–Crippen MR) is 71.9 cm³/mol. The molecule has 92 valence electrons. The largest absolute Gasteiger partial charge is 0.519 e. The fourth-order valence-electron chi connectivity index (χ4n) is 1.42. The Hall–Kier alpha value is 0.787. The Morgan fingerprint density at radius 1 is 1.00 bits per heavy atom. The fraction of sp³-hybridized carbons (Fsp3) is 1.00. The van der Waals surface area contributed by atoms with E-state index in [-0.39, 0.29) is 5.67 Å². The molecule has 0 aliphatic rings. The van der Waals surface area contributed by atoms with Crippen LogP contribution in [-0.2, 0) is 13.3 Å². The van der Waals surface area contributed by atoms with Gasteiger partial charge in [-0.25, -0.2) is 0 Å². The van der Waals surface area contributed by atoms with Crippen molar-refractivity contribution in [2.75, 3.05) is 19.8 Å². The van der Waals surface area contributed by atoms with Crippen LogP contribution in [-0.4, -0.2) is 34.3 Å². The molecule has 0 heterocycles. The first kappa shape index (κ1) is 15.8. The van der Waals surface area contributed by atoms with Crippen molar-refractivity contribution in [3.63, 3.8) is 0 Å². The number of nitrogens with one attached hydrogen (secondary N) is 1. The fourth-order valence-corrected chi connectivity index (χ4v) is 5.70. The van der Waals surface area contributed by atoms with Crippen LogP contribution in [0.15, 0.2) is 0 Å². The topological polar surface area (TPSA) is 39.7 Å². The standard InChI is InChI=1S/C9H22INO3Si/c1-5-9(11-10)15(12-6-2,13-7-3)14-8-4/h9,11H,5-8H2,1-4H3. The molecule has 0 bridgehead atoms. The Morgan fingerprint density at radius 2 is 1.40 bits per heavy atom. The molecule has 6 heteroatoms. The van der Waals surface area contributed by atoms with Crippen molar-refractivity contribution in [3.05, 3.63) is 0 Å². The van der Waals surface area contributed by atoms with Gasteiger partial charge in [-0.3, -0.25) is 3.53 Å². The van der Waals surface area contributed by atoms with Gasteiger partial charge in [-0.05, 0) is 27.2 Å². The Morgan fingerprint density at radius 3 is 1.60 bits per heavy atom. The smallest absolute Gasteiger partial charge is 0.373 e. The van der Waals surface area contributed by atoms with Crippen molar-refractivity contribution in [3.8, 4) is 0 Å². The molecule has 0 fully saturated rings. The first-order valence-electron chi connectivity index (χ1n) is 5.48. The highest BCUT2D eigenvalue weighted by Gasteiger charge is 2.48. The van der Waals surface area contributed by atoms with E-state index >= 15 is 0 Å². The van der Waals surface area contributed by atoms with Crippen LogP contribution in [0.5, 0.6) is 0 Å². The number of hydrogen-bond donors (Lipinski definition) is 1. The zero-order chi connectivity index (χ0) is 11.7. The highest BCUT2D eigenvalue weighted by Crippen LogP contribution is 2.18. The van der Waals surface area contributed by atoms with Crippen LogP contribution in [0.25, 0.3) is 0 Å². The molecule has 0 aliphatic carbocycles.